The number of hydrogen-bond acceptors (Lipinski definition) is 2. The molecule has 2 rings (SSSR count). The lowest BCUT2D eigenvalue weighted by Crippen LogP contribution is -2.11. The zero-order valence-electron chi connectivity index (χ0n) is 11.6. The van der Waals surface area contributed by atoms with Gasteiger partial charge in [0, 0.05) is 10.0 Å². The van der Waals surface area contributed by atoms with E-state index in [2.05, 4.69) is 29.8 Å². The Kier molecular flexibility index (Phi) is 4.96. The van der Waals surface area contributed by atoms with E-state index in [9.17, 15) is 4.79 Å². The molecule has 0 spiro atoms. The molecule has 0 atom stereocenters. The van der Waals surface area contributed by atoms with E-state index in [4.69, 9.17) is 4.74 Å². The van der Waals surface area contributed by atoms with Crippen LogP contribution in [0.2, 0.25) is 0 Å². The van der Waals surface area contributed by atoms with Crippen LogP contribution in [-0.4, -0.2) is 12.4 Å². The summed E-state index contributed by atoms with van der Waals surface area (Å²) in [6.07, 6.45) is 0. The molecule has 0 amide bonds. The fourth-order valence-electron chi connectivity index (χ4n) is 1.82. The predicted molar refractivity (Wildman–Crippen MR) is 84.5 cm³/mol. The Morgan fingerprint density at radius 3 is 2.20 bits per heavy atom. The molecule has 0 unspecified atom stereocenters. The van der Waals surface area contributed by atoms with E-state index >= 15 is 0 Å². The Morgan fingerprint density at radius 1 is 1.05 bits per heavy atom. The minimum absolute atomic E-state index is 0.0109. The van der Waals surface area contributed by atoms with Gasteiger partial charge in [0.05, 0.1) is 0 Å². The minimum Gasteiger partial charge on any atom is -0.485 e. The van der Waals surface area contributed by atoms with Gasteiger partial charge in [-0.05, 0) is 35.7 Å². The second kappa shape index (κ2) is 6.71. The van der Waals surface area contributed by atoms with Gasteiger partial charge in [0.1, 0.15) is 5.75 Å². The Labute approximate surface area is 127 Å². The smallest absolute Gasteiger partial charge is 0.200 e. The second-order valence-electron chi connectivity index (χ2n) is 4.94. The quantitative estimate of drug-likeness (QED) is 0.732. The van der Waals surface area contributed by atoms with Crippen LogP contribution in [0.25, 0.3) is 0 Å². The van der Waals surface area contributed by atoms with Gasteiger partial charge in [-0.2, -0.15) is 0 Å². The van der Waals surface area contributed by atoms with Gasteiger partial charge in [0.2, 0.25) is 0 Å². The molecule has 0 saturated carbocycles. The lowest BCUT2D eigenvalue weighted by molar-refractivity contribution is 0.0921. The summed E-state index contributed by atoms with van der Waals surface area (Å²) in [5, 5.41) is 0. The van der Waals surface area contributed by atoms with Gasteiger partial charge in [-0.25, -0.2) is 0 Å². The van der Waals surface area contributed by atoms with Crippen LogP contribution in [0.15, 0.2) is 53.0 Å². The monoisotopic (exact) mass is 332 g/mol. The zero-order valence-corrected chi connectivity index (χ0v) is 13.2. The lowest BCUT2D eigenvalue weighted by Gasteiger charge is -2.08. The topological polar surface area (TPSA) is 26.3 Å². The fourth-order valence-corrected chi connectivity index (χ4v) is 2.08. The third-order valence-electron chi connectivity index (χ3n) is 3.08. The number of ether oxygens (including phenoxy) is 1. The summed E-state index contributed by atoms with van der Waals surface area (Å²) < 4.78 is 6.47. The molecular weight excluding hydrogens is 316 g/mol. The number of carbonyl (C=O) groups is 1. The number of rotatable bonds is 5. The Balaban J connectivity index is 1.96. The van der Waals surface area contributed by atoms with Crippen molar-refractivity contribution in [1.82, 2.24) is 0 Å². The number of carbonyl (C=O) groups excluding carboxylic acids is 1. The standard InChI is InChI=1S/C17H17BrO2/c1-12(2)13-3-5-14(6-4-13)17(19)11-20-16-9-7-15(18)8-10-16/h3-10,12H,11H2,1-2H3. The molecule has 20 heavy (non-hydrogen) atoms. The summed E-state index contributed by atoms with van der Waals surface area (Å²) in [4.78, 5) is 12.0. The van der Waals surface area contributed by atoms with Crippen LogP contribution in [0.4, 0.5) is 0 Å². The molecule has 0 fully saturated rings. The van der Waals surface area contributed by atoms with Crippen molar-refractivity contribution < 1.29 is 9.53 Å². The number of halogens is 1. The van der Waals surface area contributed by atoms with Crippen molar-refractivity contribution in [2.75, 3.05) is 6.61 Å². The summed E-state index contributed by atoms with van der Waals surface area (Å²) in [6, 6.07) is 15.2. The van der Waals surface area contributed by atoms with Crippen LogP contribution >= 0.6 is 15.9 Å². The normalized spacial score (nSPS) is 10.6. The summed E-state index contributed by atoms with van der Waals surface area (Å²) in [5.41, 5.74) is 1.92. The van der Waals surface area contributed by atoms with E-state index < -0.39 is 0 Å². The van der Waals surface area contributed by atoms with Crippen LogP contribution in [0, 0.1) is 0 Å². The maximum Gasteiger partial charge on any atom is 0.200 e. The van der Waals surface area contributed by atoms with Gasteiger partial charge in [0.25, 0.3) is 0 Å². The maximum absolute atomic E-state index is 12.0. The first-order valence-corrected chi connectivity index (χ1v) is 7.37. The summed E-state index contributed by atoms with van der Waals surface area (Å²) in [7, 11) is 0. The van der Waals surface area contributed by atoms with Gasteiger partial charge in [-0.3, -0.25) is 4.79 Å². The molecule has 3 heteroatoms. The van der Waals surface area contributed by atoms with Gasteiger partial charge in [-0.15, -0.1) is 0 Å². The van der Waals surface area contributed by atoms with Crippen LogP contribution in [0.5, 0.6) is 5.75 Å². The minimum atomic E-state index is -0.0109. The molecule has 104 valence electrons. The number of Topliss-reactive ketones (excluding diaryl/α,β-unsaturated/α-hetero) is 1. The van der Waals surface area contributed by atoms with E-state index in [1.165, 1.54) is 5.56 Å². The number of benzene rings is 2. The van der Waals surface area contributed by atoms with Crippen molar-refractivity contribution in [1.29, 1.82) is 0 Å². The van der Waals surface area contributed by atoms with E-state index in [1.807, 2.05) is 48.5 Å². The molecule has 0 radical (unpaired) electrons. The third-order valence-corrected chi connectivity index (χ3v) is 3.61. The molecule has 0 aliphatic carbocycles. The van der Waals surface area contributed by atoms with E-state index in [0.29, 0.717) is 17.2 Å². The Hall–Kier alpha value is -1.61. The highest BCUT2D eigenvalue weighted by molar-refractivity contribution is 9.10. The molecule has 0 aromatic heterocycles. The van der Waals surface area contributed by atoms with Gasteiger partial charge < -0.3 is 4.74 Å². The average Bonchev–Trinajstić information content (AvgIpc) is 2.46. The van der Waals surface area contributed by atoms with Crippen LogP contribution in [0.3, 0.4) is 0 Å². The van der Waals surface area contributed by atoms with E-state index in [0.717, 1.165) is 4.47 Å². The molecule has 0 saturated heterocycles. The van der Waals surface area contributed by atoms with Crippen molar-refractivity contribution in [3.05, 3.63) is 64.1 Å². The summed E-state index contributed by atoms with van der Waals surface area (Å²) in [5.74, 6) is 1.15. The Morgan fingerprint density at radius 2 is 1.65 bits per heavy atom. The predicted octanol–water partition coefficient (Wildman–Crippen LogP) is 4.83. The number of hydrogen-bond donors (Lipinski definition) is 0. The van der Waals surface area contributed by atoms with Crippen molar-refractivity contribution in [3.63, 3.8) is 0 Å². The average molecular weight is 333 g/mol. The molecule has 0 N–H and O–H groups in total. The first-order chi connectivity index (χ1) is 9.56. The largest absolute Gasteiger partial charge is 0.485 e. The third kappa shape index (κ3) is 3.94. The molecule has 2 aromatic carbocycles. The zero-order chi connectivity index (χ0) is 14.5. The maximum atomic E-state index is 12.0. The van der Waals surface area contributed by atoms with Crippen molar-refractivity contribution in [3.8, 4) is 5.75 Å². The molecule has 0 heterocycles. The molecule has 0 bridgehead atoms. The first kappa shape index (κ1) is 14.8. The summed E-state index contributed by atoms with van der Waals surface area (Å²) in [6.45, 7) is 4.32. The van der Waals surface area contributed by atoms with Crippen molar-refractivity contribution in [2.24, 2.45) is 0 Å². The van der Waals surface area contributed by atoms with E-state index in [-0.39, 0.29) is 12.4 Å². The fraction of sp³-hybridized carbons (Fsp3) is 0.235. The van der Waals surface area contributed by atoms with Crippen LogP contribution < -0.4 is 4.74 Å². The molecule has 2 aromatic rings. The van der Waals surface area contributed by atoms with Crippen molar-refractivity contribution in [2.45, 2.75) is 19.8 Å². The van der Waals surface area contributed by atoms with Crippen LogP contribution in [-0.2, 0) is 0 Å². The molecule has 0 aliphatic heterocycles. The van der Waals surface area contributed by atoms with Gasteiger partial charge >= 0.3 is 0 Å². The highest BCUT2D eigenvalue weighted by Gasteiger charge is 2.07. The second-order valence-corrected chi connectivity index (χ2v) is 5.86. The lowest BCUT2D eigenvalue weighted by atomic mass is 10.0. The van der Waals surface area contributed by atoms with Crippen molar-refractivity contribution >= 4 is 21.7 Å². The van der Waals surface area contributed by atoms with Gasteiger partial charge in [0.15, 0.2) is 12.4 Å². The SMILES string of the molecule is CC(C)c1ccc(C(=O)COc2ccc(Br)cc2)cc1. The van der Waals surface area contributed by atoms with Gasteiger partial charge in [-0.1, -0.05) is 54.0 Å². The number of ketones is 1. The summed E-state index contributed by atoms with van der Waals surface area (Å²) >= 11 is 3.36. The highest BCUT2D eigenvalue weighted by atomic mass is 79.9. The Bertz CT molecular complexity index is 571. The van der Waals surface area contributed by atoms with E-state index in [1.54, 1.807) is 0 Å². The molecule has 0 aliphatic rings. The molecular formula is C17H17BrO2. The first-order valence-electron chi connectivity index (χ1n) is 6.58. The molecule has 2 nitrogen and oxygen atoms in total. The highest BCUT2D eigenvalue weighted by Crippen LogP contribution is 2.17. The van der Waals surface area contributed by atoms with Crippen LogP contribution in [0.1, 0.15) is 35.7 Å².